The molecule has 1 N–H and O–H groups in total. The highest BCUT2D eigenvalue weighted by molar-refractivity contribution is 5.94. The molecule has 2 amide bonds. The zero-order chi connectivity index (χ0) is 19.7. The van der Waals surface area contributed by atoms with Gasteiger partial charge in [0, 0.05) is 51.9 Å². The number of nitrogens with zero attached hydrogens (tertiary/aromatic N) is 5. The lowest BCUT2D eigenvalue weighted by Crippen LogP contribution is -2.34. The third kappa shape index (κ3) is 3.17. The predicted octanol–water partition coefficient (Wildman–Crippen LogP) is 1.34. The number of rotatable bonds is 3. The molecule has 0 aliphatic carbocycles. The Morgan fingerprint density at radius 3 is 2.54 bits per heavy atom. The number of aromatic nitrogens is 4. The fraction of sp³-hybridized carbons (Fsp3) is 0.300. The van der Waals surface area contributed by atoms with Gasteiger partial charge in [-0.3, -0.25) is 14.3 Å². The number of carbonyl (C=O) groups is 2. The summed E-state index contributed by atoms with van der Waals surface area (Å²) in [6.45, 7) is 1.62. The van der Waals surface area contributed by atoms with Gasteiger partial charge in [0.1, 0.15) is 17.2 Å². The van der Waals surface area contributed by atoms with Gasteiger partial charge in [0.05, 0.1) is 5.69 Å². The Labute approximate surface area is 162 Å². The van der Waals surface area contributed by atoms with Crippen molar-refractivity contribution in [1.82, 2.24) is 29.5 Å². The third-order valence-corrected chi connectivity index (χ3v) is 4.98. The van der Waals surface area contributed by atoms with Gasteiger partial charge in [0.25, 0.3) is 11.8 Å². The van der Waals surface area contributed by atoms with Crippen LogP contribution in [0.5, 0.6) is 0 Å². The maximum atomic E-state index is 12.8. The molecule has 1 aliphatic rings. The smallest absolute Gasteiger partial charge is 0.274 e. The van der Waals surface area contributed by atoms with Gasteiger partial charge in [-0.15, -0.1) is 0 Å². The minimum Gasteiger partial charge on any atom is -0.354 e. The van der Waals surface area contributed by atoms with Crippen LogP contribution in [0.3, 0.4) is 0 Å². The summed E-state index contributed by atoms with van der Waals surface area (Å²) in [6.07, 6.45) is 2.32. The molecule has 0 radical (unpaired) electrons. The molecule has 28 heavy (non-hydrogen) atoms. The van der Waals surface area contributed by atoms with Crippen LogP contribution in [0.4, 0.5) is 0 Å². The van der Waals surface area contributed by atoms with Crippen molar-refractivity contribution >= 4 is 11.8 Å². The molecule has 0 fully saturated rings. The molecule has 0 saturated heterocycles. The molecule has 0 atom stereocenters. The van der Waals surface area contributed by atoms with Crippen molar-refractivity contribution in [2.24, 2.45) is 7.05 Å². The number of imidazole rings is 1. The number of benzene rings is 1. The molecule has 1 aromatic carbocycles. The largest absolute Gasteiger partial charge is 0.354 e. The van der Waals surface area contributed by atoms with Crippen molar-refractivity contribution < 1.29 is 9.59 Å². The number of carbonyl (C=O) groups excluding carboxylic acids is 2. The van der Waals surface area contributed by atoms with E-state index in [1.807, 2.05) is 30.3 Å². The first kappa shape index (κ1) is 18.0. The molecule has 8 nitrogen and oxygen atoms in total. The van der Waals surface area contributed by atoms with E-state index in [9.17, 15) is 9.59 Å². The van der Waals surface area contributed by atoms with E-state index < -0.39 is 0 Å². The minimum atomic E-state index is -0.213. The maximum absolute atomic E-state index is 12.8. The zero-order valence-corrected chi connectivity index (χ0v) is 15.9. The lowest BCUT2D eigenvalue weighted by Gasteiger charge is -2.19. The number of fused-ring (bicyclic) bond motifs is 1. The summed E-state index contributed by atoms with van der Waals surface area (Å²) in [5.41, 5.74) is 2.66. The number of aryl methyl sites for hydroxylation is 1. The molecule has 0 bridgehead atoms. The Morgan fingerprint density at radius 1 is 1.07 bits per heavy atom. The molecule has 0 saturated carbocycles. The van der Waals surface area contributed by atoms with Gasteiger partial charge in [-0.1, -0.05) is 30.3 Å². The molecule has 0 spiro atoms. The molecule has 3 aromatic rings. The number of hydrogen-bond acceptors (Lipinski definition) is 4. The van der Waals surface area contributed by atoms with E-state index >= 15 is 0 Å². The van der Waals surface area contributed by atoms with E-state index in [0.717, 1.165) is 17.1 Å². The van der Waals surface area contributed by atoms with Crippen LogP contribution in [0.25, 0.3) is 11.4 Å². The second-order valence-corrected chi connectivity index (χ2v) is 6.74. The first-order valence-corrected chi connectivity index (χ1v) is 9.24. The van der Waals surface area contributed by atoms with Crippen molar-refractivity contribution in [2.45, 2.75) is 13.0 Å². The second kappa shape index (κ2) is 7.30. The Kier molecular flexibility index (Phi) is 4.68. The van der Waals surface area contributed by atoms with Gasteiger partial charge in [0.2, 0.25) is 0 Å². The summed E-state index contributed by atoms with van der Waals surface area (Å²) >= 11 is 0. The topological polar surface area (TPSA) is 85.0 Å². The average molecular weight is 378 g/mol. The zero-order valence-electron chi connectivity index (χ0n) is 15.9. The molecular weight excluding hydrogens is 356 g/mol. The normalized spacial score (nSPS) is 13.7. The minimum absolute atomic E-state index is 0.0953. The van der Waals surface area contributed by atoms with Crippen LogP contribution in [0.15, 0.2) is 42.6 Å². The summed E-state index contributed by atoms with van der Waals surface area (Å²) in [7, 11) is 3.39. The molecule has 1 aliphatic heterocycles. The summed E-state index contributed by atoms with van der Waals surface area (Å²) in [4.78, 5) is 31.6. The highest BCUT2D eigenvalue weighted by Gasteiger charge is 2.28. The quantitative estimate of drug-likeness (QED) is 0.745. The highest BCUT2D eigenvalue weighted by Crippen LogP contribution is 2.25. The second-order valence-electron chi connectivity index (χ2n) is 6.74. The summed E-state index contributed by atoms with van der Waals surface area (Å²) in [5.74, 6) is 0.443. The van der Waals surface area contributed by atoms with Crippen molar-refractivity contribution in [3.63, 3.8) is 0 Å². The van der Waals surface area contributed by atoms with Crippen LogP contribution in [-0.4, -0.2) is 56.2 Å². The first-order chi connectivity index (χ1) is 13.6. The molecule has 4 rings (SSSR count). The van der Waals surface area contributed by atoms with E-state index in [0.29, 0.717) is 37.4 Å². The van der Waals surface area contributed by atoms with Gasteiger partial charge in [-0.25, -0.2) is 4.98 Å². The molecule has 2 aromatic heterocycles. The predicted molar refractivity (Wildman–Crippen MR) is 104 cm³/mol. The average Bonchev–Trinajstić information content (AvgIpc) is 3.25. The van der Waals surface area contributed by atoms with Crippen LogP contribution in [0.2, 0.25) is 0 Å². The van der Waals surface area contributed by atoms with Gasteiger partial charge in [-0.2, -0.15) is 5.10 Å². The lowest BCUT2D eigenvalue weighted by atomic mass is 10.2. The lowest BCUT2D eigenvalue weighted by molar-refractivity contribution is 0.0752. The standard InChI is InChI=1S/C20H22N6O2/c1-21-19(27)17-16-9-11-25(20(28)15-8-10-24(2)23-15)12-13-26(16)18(22-17)14-6-4-3-5-7-14/h3-8,10H,9,11-13H2,1-2H3,(H,21,27). The summed E-state index contributed by atoms with van der Waals surface area (Å²) in [5, 5.41) is 6.89. The Bertz CT molecular complexity index is 1020. The fourth-order valence-electron chi connectivity index (χ4n) is 3.56. The van der Waals surface area contributed by atoms with E-state index in [4.69, 9.17) is 0 Å². The SMILES string of the molecule is CNC(=O)c1nc(-c2ccccc2)n2c1CCN(C(=O)c1ccn(C)n1)CC2. The Hall–Kier alpha value is -3.42. The van der Waals surface area contributed by atoms with Crippen LogP contribution in [-0.2, 0) is 20.0 Å². The number of hydrogen-bond donors (Lipinski definition) is 1. The molecule has 0 unspecified atom stereocenters. The molecule has 3 heterocycles. The van der Waals surface area contributed by atoms with Crippen LogP contribution in [0, 0.1) is 0 Å². The van der Waals surface area contributed by atoms with Gasteiger partial charge in [0.15, 0.2) is 0 Å². The van der Waals surface area contributed by atoms with Crippen molar-refractivity contribution in [2.75, 3.05) is 20.1 Å². The Balaban J connectivity index is 1.68. The highest BCUT2D eigenvalue weighted by atomic mass is 16.2. The molecule has 144 valence electrons. The van der Waals surface area contributed by atoms with Gasteiger partial charge >= 0.3 is 0 Å². The van der Waals surface area contributed by atoms with Crippen LogP contribution < -0.4 is 5.32 Å². The van der Waals surface area contributed by atoms with Crippen molar-refractivity contribution in [1.29, 1.82) is 0 Å². The number of amides is 2. The van der Waals surface area contributed by atoms with Crippen LogP contribution in [0.1, 0.15) is 26.7 Å². The molecular formula is C20H22N6O2. The van der Waals surface area contributed by atoms with Gasteiger partial charge < -0.3 is 14.8 Å². The monoisotopic (exact) mass is 378 g/mol. The number of nitrogens with one attached hydrogen (secondary N) is 1. The molecule has 8 heteroatoms. The van der Waals surface area contributed by atoms with E-state index in [-0.39, 0.29) is 11.8 Å². The van der Waals surface area contributed by atoms with E-state index in [1.165, 1.54) is 0 Å². The third-order valence-electron chi connectivity index (χ3n) is 4.98. The fourth-order valence-corrected chi connectivity index (χ4v) is 3.56. The maximum Gasteiger partial charge on any atom is 0.274 e. The van der Waals surface area contributed by atoms with Crippen molar-refractivity contribution in [3.05, 3.63) is 59.7 Å². The summed E-state index contributed by atoms with van der Waals surface area (Å²) < 4.78 is 3.68. The van der Waals surface area contributed by atoms with Crippen molar-refractivity contribution in [3.8, 4) is 11.4 Å². The first-order valence-electron chi connectivity index (χ1n) is 9.24. The van der Waals surface area contributed by atoms with E-state index in [2.05, 4.69) is 20.0 Å². The summed E-state index contributed by atoms with van der Waals surface area (Å²) in [6, 6.07) is 11.5. The Morgan fingerprint density at radius 2 is 1.86 bits per heavy atom. The van der Waals surface area contributed by atoms with E-state index in [1.54, 1.807) is 35.9 Å². The van der Waals surface area contributed by atoms with Gasteiger partial charge in [-0.05, 0) is 6.07 Å². The van der Waals surface area contributed by atoms with Crippen LogP contribution >= 0.6 is 0 Å².